The summed E-state index contributed by atoms with van der Waals surface area (Å²) in [5.74, 6) is 0.958. The molecular weight excluding hydrogens is 420 g/mol. The number of aromatic nitrogens is 3. The van der Waals surface area contributed by atoms with Crippen LogP contribution in [0.15, 0.2) is 47.6 Å². The molecule has 1 atom stereocenters. The highest BCUT2D eigenvalue weighted by molar-refractivity contribution is 8.00. The predicted octanol–water partition coefficient (Wildman–Crippen LogP) is 4.45. The molecule has 32 heavy (non-hydrogen) atoms. The minimum atomic E-state index is -0.271. The molecule has 7 heteroatoms. The third-order valence-electron chi connectivity index (χ3n) is 5.93. The second-order valence-electron chi connectivity index (χ2n) is 8.33. The van der Waals surface area contributed by atoms with E-state index >= 15 is 0 Å². The molecule has 6 nitrogen and oxygen atoms in total. The summed E-state index contributed by atoms with van der Waals surface area (Å²) >= 11 is 1.48. The van der Waals surface area contributed by atoms with Gasteiger partial charge < -0.3 is 9.64 Å². The number of hydrogen-bond donors (Lipinski definition) is 0. The first-order valence-electron chi connectivity index (χ1n) is 11.0. The van der Waals surface area contributed by atoms with E-state index in [4.69, 9.17) is 4.74 Å². The molecule has 0 spiro atoms. The van der Waals surface area contributed by atoms with E-state index in [1.807, 2.05) is 38.1 Å². The van der Waals surface area contributed by atoms with Crippen molar-refractivity contribution >= 4 is 23.5 Å². The summed E-state index contributed by atoms with van der Waals surface area (Å²) in [7, 11) is 0. The van der Waals surface area contributed by atoms with E-state index < -0.39 is 0 Å². The van der Waals surface area contributed by atoms with Gasteiger partial charge >= 0.3 is 0 Å². The molecule has 3 aromatic rings. The first-order chi connectivity index (χ1) is 15.4. The molecule has 1 saturated heterocycles. The maximum atomic E-state index is 13.3. The lowest BCUT2D eigenvalue weighted by Crippen LogP contribution is -2.38. The van der Waals surface area contributed by atoms with Crippen molar-refractivity contribution in [1.29, 1.82) is 0 Å². The van der Waals surface area contributed by atoms with Gasteiger partial charge in [-0.1, -0.05) is 48.2 Å². The van der Waals surface area contributed by atoms with Gasteiger partial charge in [0.05, 0.1) is 25.0 Å². The number of Topliss-reactive ketones (excluding diaryl/α,β-unsaturated/α-hetero) is 1. The fourth-order valence-electron chi connectivity index (χ4n) is 3.93. The van der Waals surface area contributed by atoms with E-state index in [0.717, 1.165) is 40.9 Å². The zero-order valence-corrected chi connectivity index (χ0v) is 20.0. The average molecular weight is 451 g/mol. The third kappa shape index (κ3) is 4.89. The Labute approximate surface area is 194 Å². The van der Waals surface area contributed by atoms with Crippen LogP contribution in [0, 0.1) is 20.8 Å². The van der Waals surface area contributed by atoms with E-state index in [2.05, 4.69) is 51.7 Å². The highest BCUT2D eigenvalue weighted by Gasteiger charge is 2.25. The van der Waals surface area contributed by atoms with E-state index in [9.17, 15) is 4.79 Å². The number of anilines is 1. The Kier molecular flexibility index (Phi) is 6.96. The molecule has 168 valence electrons. The van der Waals surface area contributed by atoms with Crippen LogP contribution in [0.1, 0.15) is 39.5 Å². The van der Waals surface area contributed by atoms with Crippen molar-refractivity contribution in [2.24, 2.45) is 0 Å². The van der Waals surface area contributed by atoms with Gasteiger partial charge in [-0.3, -0.25) is 9.36 Å². The maximum Gasteiger partial charge on any atom is 0.228 e. The number of thioether (sulfide) groups is 1. The molecule has 2 heterocycles. The quantitative estimate of drug-likeness (QED) is 0.391. The van der Waals surface area contributed by atoms with Crippen LogP contribution in [0.25, 0.3) is 0 Å². The fourth-order valence-corrected chi connectivity index (χ4v) is 4.84. The predicted molar refractivity (Wildman–Crippen MR) is 129 cm³/mol. The SMILES string of the molecule is Cc1cc(C)c(C(=O)C(C)Sc2nnc(N3CCOCC3)n2Cc2ccccc2)cc1C. The van der Waals surface area contributed by atoms with E-state index in [1.165, 1.54) is 22.9 Å². The smallest absolute Gasteiger partial charge is 0.228 e. The Morgan fingerprint density at radius 3 is 2.44 bits per heavy atom. The monoisotopic (exact) mass is 450 g/mol. The zero-order valence-electron chi connectivity index (χ0n) is 19.2. The van der Waals surface area contributed by atoms with Gasteiger partial charge in [0.1, 0.15) is 0 Å². The third-order valence-corrected chi connectivity index (χ3v) is 7.01. The van der Waals surface area contributed by atoms with E-state index in [1.54, 1.807) is 0 Å². The molecule has 2 aromatic carbocycles. The van der Waals surface area contributed by atoms with Crippen molar-refractivity contribution in [3.05, 3.63) is 70.3 Å². The van der Waals surface area contributed by atoms with Crippen LogP contribution < -0.4 is 4.90 Å². The van der Waals surface area contributed by atoms with Crippen LogP contribution >= 0.6 is 11.8 Å². The van der Waals surface area contributed by atoms with Gasteiger partial charge in [-0.05, 0) is 56.0 Å². The van der Waals surface area contributed by atoms with Crippen molar-refractivity contribution in [3.8, 4) is 0 Å². The largest absolute Gasteiger partial charge is 0.378 e. The highest BCUT2D eigenvalue weighted by Crippen LogP contribution is 2.30. The number of hydrogen-bond acceptors (Lipinski definition) is 6. The summed E-state index contributed by atoms with van der Waals surface area (Å²) in [6.07, 6.45) is 0. The summed E-state index contributed by atoms with van der Waals surface area (Å²) in [6, 6.07) is 14.4. The molecule has 0 radical (unpaired) electrons. The topological polar surface area (TPSA) is 60.3 Å². The Bertz CT molecular complexity index is 1090. The molecule has 1 fully saturated rings. The molecule has 1 unspecified atom stereocenters. The Hall–Kier alpha value is -2.64. The van der Waals surface area contributed by atoms with Gasteiger partial charge in [-0.2, -0.15) is 0 Å². The minimum absolute atomic E-state index is 0.123. The van der Waals surface area contributed by atoms with Gasteiger partial charge in [-0.15, -0.1) is 10.2 Å². The molecule has 0 aliphatic carbocycles. The van der Waals surface area contributed by atoms with Gasteiger partial charge in [0.2, 0.25) is 5.95 Å². The molecule has 1 aromatic heterocycles. The normalized spacial score (nSPS) is 15.1. The lowest BCUT2D eigenvalue weighted by molar-refractivity contribution is 0.0993. The summed E-state index contributed by atoms with van der Waals surface area (Å²) in [5, 5.41) is 9.50. The van der Waals surface area contributed by atoms with Gasteiger partial charge in [0, 0.05) is 18.7 Å². The minimum Gasteiger partial charge on any atom is -0.378 e. The Morgan fingerprint density at radius 2 is 1.72 bits per heavy atom. The lowest BCUT2D eigenvalue weighted by Gasteiger charge is -2.28. The number of benzene rings is 2. The zero-order chi connectivity index (χ0) is 22.7. The van der Waals surface area contributed by atoms with Crippen molar-refractivity contribution < 1.29 is 9.53 Å². The lowest BCUT2D eigenvalue weighted by atomic mass is 9.97. The Balaban J connectivity index is 1.61. The van der Waals surface area contributed by atoms with Crippen LogP contribution in [0.2, 0.25) is 0 Å². The summed E-state index contributed by atoms with van der Waals surface area (Å²) < 4.78 is 7.64. The van der Waals surface area contributed by atoms with Gasteiger partial charge in [0.15, 0.2) is 10.9 Å². The molecule has 0 saturated carbocycles. The number of carbonyl (C=O) groups excluding carboxylic acids is 1. The van der Waals surface area contributed by atoms with Crippen LogP contribution in [-0.4, -0.2) is 52.1 Å². The van der Waals surface area contributed by atoms with E-state index in [0.29, 0.717) is 19.8 Å². The summed E-state index contributed by atoms with van der Waals surface area (Å²) in [5.41, 5.74) is 5.32. The van der Waals surface area contributed by atoms with Gasteiger partial charge in [0.25, 0.3) is 0 Å². The summed E-state index contributed by atoms with van der Waals surface area (Å²) in [4.78, 5) is 15.5. The molecule has 1 aliphatic rings. The van der Waals surface area contributed by atoms with Crippen molar-refractivity contribution in [3.63, 3.8) is 0 Å². The fraction of sp³-hybridized carbons (Fsp3) is 0.400. The van der Waals surface area contributed by atoms with Crippen LogP contribution in [0.5, 0.6) is 0 Å². The van der Waals surface area contributed by atoms with Crippen LogP contribution in [0.4, 0.5) is 5.95 Å². The number of ketones is 1. The number of carbonyl (C=O) groups is 1. The standard InChI is InChI=1S/C25H30N4O2S/c1-17-14-19(3)22(15-18(17)2)23(30)20(4)32-25-27-26-24(28-10-12-31-13-11-28)29(25)16-21-8-6-5-7-9-21/h5-9,14-15,20H,10-13,16H2,1-4H3. The molecule has 0 N–H and O–H groups in total. The van der Waals surface area contributed by atoms with Crippen molar-refractivity contribution in [2.75, 3.05) is 31.2 Å². The number of aryl methyl sites for hydroxylation is 3. The Morgan fingerprint density at radius 1 is 1.03 bits per heavy atom. The summed E-state index contributed by atoms with van der Waals surface area (Å²) in [6.45, 7) is 11.7. The number of nitrogens with zero attached hydrogens (tertiary/aromatic N) is 4. The molecular formula is C25H30N4O2S. The second-order valence-corrected chi connectivity index (χ2v) is 9.64. The maximum absolute atomic E-state index is 13.3. The first-order valence-corrected chi connectivity index (χ1v) is 11.9. The highest BCUT2D eigenvalue weighted by atomic mass is 32.2. The number of rotatable bonds is 7. The first kappa shape index (κ1) is 22.6. The van der Waals surface area contributed by atoms with Crippen molar-refractivity contribution in [2.45, 2.75) is 44.6 Å². The average Bonchev–Trinajstić information content (AvgIpc) is 3.19. The van der Waals surface area contributed by atoms with Crippen LogP contribution in [0.3, 0.4) is 0 Å². The van der Waals surface area contributed by atoms with E-state index in [-0.39, 0.29) is 11.0 Å². The second kappa shape index (κ2) is 9.88. The van der Waals surface area contributed by atoms with Crippen LogP contribution in [-0.2, 0) is 11.3 Å². The molecule has 1 aliphatic heterocycles. The van der Waals surface area contributed by atoms with Crippen molar-refractivity contribution in [1.82, 2.24) is 14.8 Å². The molecule has 0 amide bonds. The van der Waals surface area contributed by atoms with Gasteiger partial charge in [-0.25, -0.2) is 0 Å². The number of ether oxygens (including phenoxy) is 1. The molecule has 0 bridgehead atoms. The number of morpholine rings is 1. The molecule has 4 rings (SSSR count).